The van der Waals surface area contributed by atoms with Crippen molar-refractivity contribution in [3.63, 3.8) is 0 Å². The van der Waals surface area contributed by atoms with Crippen LogP contribution >= 0.6 is 0 Å². The molecule has 126 valence electrons. The van der Waals surface area contributed by atoms with Crippen LogP contribution in [0.5, 0.6) is 0 Å². The Labute approximate surface area is 139 Å². The van der Waals surface area contributed by atoms with Crippen molar-refractivity contribution in [2.45, 2.75) is 103 Å². The van der Waals surface area contributed by atoms with Crippen molar-refractivity contribution in [2.24, 2.45) is 0 Å². The van der Waals surface area contributed by atoms with E-state index in [1.54, 1.807) is 5.56 Å². The highest BCUT2D eigenvalue weighted by molar-refractivity contribution is 5.25. The van der Waals surface area contributed by atoms with Crippen LogP contribution in [0, 0.1) is 0 Å². The van der Waals surface area contributed by atoms with Crippen molar-refractivity contribution in [3.8, 4) is 0 Å². The summed E-state index contributed by atoms with van der Waals surface area (Å²) >= 11 is 0. The van der Waals surface area contributed by atoms with Crippen molar-refractivity contribution in [2.75, 3.05) is 0 Å². The molecule has 0 spiro atoms. The van der Waals surface area contributed by atoms with E-state index in [4.69, 9.17) is 0 Å². The van der Waals surface area contributed by atoms with Gasteiger partial charge >= 0.3 is 0 Å². The molecule has 0 fully saturated rings. The predicted octanol–water partition coefficient (Wildman–Crippen LogP) is 7.67. The number of hydrogen-bond acceptors (Lipinski definition) is 0. The quantitative estimate of drug-likeness (QED) is 0.328. The van der Waals surface area contributed by atoms with Crippen molar-refractivity contribution in [3.05, 3.63) is 35.9 Å². The molecule has 0 saturated carbocycles. The van der Waals surface area contributed by atoms with Gasteiger partial charge < -0.3 is 0 Å². The molecule has 0 atom stereocenters. The van der Waals surface area contributed by atoms with E-state index in [-0.39, 0.29) is 0 Å². The smallest absolute Gasteiger partial charge is 0.00470 e. The lowest BCUT2D eigenvalue weighted by Crippen LogP contribution is -2.26. The average Bonchev–Trinajstić information content (AvgIpc) is 2.57. The van der Waals surface area contributed by atoms with Gasteiger partial charge in [-0.1, -0.05) is 109 Å². The topological polar surface area (TPSA) is 0 Å². The van der Waals surface area contributed by atoms with E-state index in [1.165, 1.54) is 77.0 Å². The number of rotatable bonds is 13. The van der Waals surface area contributed by atoms with E-state index in [2.05, 4.69) is 51.1 Å². The molecule has 0 heteroatoms. The van der Waals surface area contributed by atoms with Crippen LogP contribution in [0.15, 0.2) is 30.3 Å². The highest BCUT2D eigenvalue weighted by Crippen LogP contribution is 2.40. The fourth-order valence-corrected chi connectivity index (χ4v) is 3.70. The van der Waals surface area contributed by atoms with Gasteiger partial charge in [-0.3, -0.25) is 0 Å². The summed E-state index contributed by atoms with van der Waals surface area (Å²) in [5.74, 6) is 0. The molecule has 0 aromatic heterocycles. The van der Waals surface area contributed by atoms with Crippen LogP contribution in [0.4, 0.5) is 0 Å². The minimum atomic E-state index is 0.444. The molecule has 0 N–H and O–H groups in total. The number of unbranched alkanes of at least 4 members (excludes halogenated alkanes) is 6. The standard InChI is InChI=1S/C22H38/c1-4-7-10-11-15-20-22(18-8-5-2,19-9-6-3)21-16-13-12-14-17-21/h12-14,16-17H,4-11,15,18-20H2,1-3H3. The van der Waals surface area contributed by atoms with Crippen molar-refractivity contribution < 1.29 is 0 Å². The Kier molecular flexibility index (Phi) is 10.3. The first-order valence-corrected chi connectivity index (χ1v) is 9.84. The Morgan fingerprint density at radius 3 is 1.64 bits per heavy atom. The molecular weight excluding hydrogens is 264 g/mol. The molecule has 22 heavy (non-hydrogen) atoms. The lowest BCUT2D eigenvalue weighted by atomic mass is 9.69. The molecule has 1 rings (SSSR count). The molecule has 0 unspecified atom stereocenters. The van der Waals surface area contributed by atoms with E-state index in [0.29, 0.717) is 5.41 Å². The average molecular weight is 303 g/mol. The summed E-state index contributed by atoms with van der Waals surface area (Å²) in [4.78, 5) is 0. The van der Waals surface area contributed by atoms with Crippen LogP contribution < -0.4 is 0 Å². The summed E-state index contributed by atoms with van der Waals surface area (Å²) in [6.07, 6.45) is 16.5. The SMILES string of the molecule is CCCCCCCC(CCCC)(CCCC)c1ccccc1. The van der Waals surface area contributed by atoms with E-state index in [0.717, 1.165) is 0 Å². The fraction of sp³-hybridized carbons (Fsp3) is 0.727. The first-order valence-electron chi connectivity index (χ1n) is 9.84. The number of benzene rings is 1. The minimum absolute atomic E-state index is 0.444. The van der Waals surface area contributed by atoms with Crippen LogP contribution in [0.25, 0.3) is 0 Å². The molecule has 0 heterocycles. The predicted molar refractivity (Wildman–Crippen MR) is 101 cm³/mol. The van der Waals surface area contributed by atoms with Gasteiger partial charge in [0, 0.05) is 0 Å². The van der Waals surface area contributed by atoms with Gasteiger partial charge in [0.25, 0.3) is 0 Å². The summed E-state index contributed by atoms with van der Waals surface area (Å²) in [6, 6.07) is 11.4. The first-order chi connectivity index (χ1) is 10.8. The van der Waals surface area contributed by atoms with E-state index in [1.807, 2.05) is 0 Å². The molecule has 1 aromatic rings. The monoisotopic (exact) mass is 302 g/mol. The van der Waals surface area contributed by atoms with Crippen LogP contribution in [-0.4, -0.2) is 0 Å². The van der Waals surface area contributed by atoms with Gasteiger partial charge in [0.1, 0.15) is 0 Å². The van der Waals surface area contributed by atoms with Crippen molar-refractivity contribution in [1.82, 2.24) is 0 Å². The largest absolute Gasteiger partial charge is 0.0654 e. The summed E-state index contributed by atoms with van der Waals surface area (Å²) in [7, 11) is 0. The van der Waals surface area contributed by atoms with Gasteiger partial charge in [0.2, 0.25) is 0 Å². The maximum atomic E-state index is 2.39. The fourth-order valence-electron chi connectivity index (χ4n) is 3.70. The molecule has 0 amide bonds. The zero-order valence-corrected chi connectivity index (χ0v) is 15.4. The normalized spacial score (nSPS) is 11.8. The zero-order chi connectivity index (χ0) is 16.1. The van der Waals surface area contributed by atoms with E-state index >= 15 is 0 Å². The summed E-state index contributed by atoms with van der Waals surface area (Å²) < 4.78 is 0. The minimum Gasteiger partial charge on any atom is -0.0654 e. The lowest BCUT2D eigenvalue weighted by Gasteiger charge is -2.35. The van der Waals surface area contributed by atoms with Crippen LogP contribution in [0.2, 0.25) is 0 Å². The molecule has 0 aliphatic rings. The van der Waals surface area contributed by atoms with Gasteiger partial charge in [-0.15, -0.1) is 0 Å². The first kappa shape index (κ1) is 19.3. The molecule has 0 aliphatic carbocycles. The Balaban J connectivity index is 2.78. The highest BCUT2D eigenvalue weighted by Gasteiger charge is 2.30. The van der Waals surface area contributed by atoms with Gasteiger partial charge in [0.15, 0.2) is 0 Å². The summed E-state index contributed by atoms with van der Waals surface area (Å²) in [5.41, 5.74) is 2.05. The van der Waals surface area contributed by atoms with E-state index < -0.39 is 0 Å². The zero-order valence-electron chi connectivity index (χ0n) is 15.4. The lowest BCUT2D eigenvalue weighted by molar-refractivity contribution is 0.306. The van der Waals surface area contributed by atoms with Crippen molar-refractivity contribution >= 4 is 0 Å². The van der Waals surface area contributed by atoms with Crippen LogP contribution in [0.1, 0.15) is 103 Å². The Bertz CT molecular complexity index is 344. The molecule has 0 nitrogen and oxygen atoms in total. The molecule has 1 aromatic carbocycles. The van der Waals surface area contributed by atoms with Gasteiger partial charge in [-0.2, -0.15) is 0 Å². The summed E-state index contributed by atoms with van der Waals surface area (Å²) in [6.45, 7) is 6.96. The highest BCUT2D eigenvalue weighted by atomic mass is 14.3. The van der Waals surface area contributed by atoms with Crippen LogP contribution in [0.3, 0.4) is 0 Å². The Morgan fingerprint density at radius 1 is 0.591 bits per heavy atom. The van der Waals surface area contributed by atoms with E-state index in [9.17, 15) is 0 Å². The third kappa shape index (κ3) is 6.55. The number of hydrogen-bond donors (Lipinski definition) is 0. The molecule has 0 saturated heterocycles. The third-order valence-electron chi connectivity index (χ3n) is 5.16. The molecule has 0 radical (unpaired) electrons. The van der Waals surface area contributed by atoms with Gasteiger partial charge in [-0.05, 0) is 30.2 Å². The second-order valence-corrected chi connectivity index (χ2v) is 7.02. The van der Waals surface area contributed by atoms with Gasteiger partial charge in [-0.25, -0.2) is 0 Å². The maximum Gasteiger partial charge on any atom is -0.00470 e. The molecule has 0 aliphatic heterocycles. The van der Waals surface area contributed by atoms with Gasteiger partial charge in [0.05, 0.1) is 0 Å². The maximum absolute atomic E-state index is 2.39. The van der Waals surface area contributed by atoms with Crippen molar-refractivity contribution in [1.29, 1.82) is 0 Å². The third-order valence-corrected chi connectivity index (χ3v) is 5.16. The second kappa shape index (κ2) is 11.7. The summed E-state index contributed by atoms with van der Waals surface area (Å²) in [5, 5.41) is 0. The Hall–Kier alpha value is -0.780. The molecular formula is C22H38. The molecule has 0 bridgehead atoms. The Morgan fingerprint density at radius 2 is 1.09 bits per heavy atom. The second-order valence-electron chi connectivity index (χ2n) is 7.02. The van der Waals surface area contributed by atoms with Crippen LogP contribution in [-0.2, 0) is 5.41 Å².